The van der Waals surface area contributed by atoms with Crippen LogP contribution in [0.5, 0.6) is 0 Å². The van der Waals surface area contributed by atoms with Crippen molar-refractivity contribution in [3.8, 4) is 0 Å². The molecular weight excluding hydrogens is 190 g/mol. The van der Waals surface area contributed by atoms with Gasteiger partial charge in [-0.25, -0.2) is 4.98 Å². The lowest BCUT2D eigenvalue weighted by atomic mass is 10.4. The third-order valence-corrected chi connectivity index (χ3v) is 2.50. The smallest absolute Gasteiger partial charge is 0.191 e. The van der Waals surface area contributed by atoms with Crippen molar-refractivity contribution in [1.29, 1.82) is 0 Å². The molecule has 0 aromatic carbocycles. The fraction of sp³-hybridized carbons (Fsp3) is 0.600. The number of guanidine groups is 1. The average molecular weight is 207 g/mol. The Bertz CT molecular complexity index is 350. The van der Waals surface area contributed by atoms with Gasteiger partial charge in [0.05, 0.1) is 18.6 Å². The van der Waals surface area contributed by atoms with Gasteiger partial charge in [0.15, 0.2) is 5.96 Å². The Morgan fingerprint density at radius 1 is 1.67 bits per heavy atom. The predicted octanol–water partition coefficient (Wildman–Crippen LogP) is 0.247. The quantitative estimate of drug-likeness (QED) is 0.552. The zero-order chi connectivity index (χ0) is 10.7. The molecule has 82 valence electrons. The molecule has 0 unspecified atom stereocenters. The van der Waals surface area contributed by atoms with Crippen molar-refractivity contribution in [1.82, 2.24) is 20.2 Å². The summed E-state index contributed by atoms with van der Waals surface area (Å²) in [6.45, 7) is 0.753. The monoisotopic (exact) mass is 207 g/mol. The third kappa shape index (κ3) is 2.71. The van der Waals surface area contributed by atoms with Gasteiger partial charge in [0.1, 0.15) is 0 Å². The first-order valence-corrected chi connectivity index (χ1v) is 5.22. The lowest BCUT2D eigenvalue weighted by Gasteiger charge is -2.10. The molecule has 1 aliphatic carbocycles. The number of aliphatic imine (C=N–C) groups is 1. The predicted molar refractivity (Wildman–Crippen MR) is 59.6 cm³/mol. The Hall–Kier alpha value is -1.52. The van der Waals surface area contributed by atoms with Crippen molar-refractivity contribution >= 4 is 5.96 Å². The van der Waals surface area contributed by atoms with Crippen LogP contribution >= 0.6 is 0 Å². The molecule has 1 aromatic heterocycles. The number of aryl methyl sites for hydroxylation is 1. The Kier molecular flexibility index (Phi) is 2.89. The SMILES string of the molecule is CN=C(NCc1cncn1C)NC1CC1. The van der Waals surface area contributed by atoms with Crippen LogP contribution in [-0.2, 0) is 13.6 Å². The number of nitrogens with one attached hydrogen (secondary N) is 2. The maximum absolute atomic E-state index is 4.16. The molecule has 5 heteroatoms. The number of aromatic nitrogens is 2. The van der Waals surface area contributed by atoms with Gasteiger partial charge in [-0.05, 0) is 12.8 Å². The van der Waals surface area contributed by atoms with E-state index in [-0.39, 0.29) is 0 Å². The summed E-state index contributed by atoms with van der Waals surface area (Å²) in [5, 5.41) is 6.59. The molecule has 15 heavy (non-hydrogen) atoms. The van der Waals surface area contributed by atoms with E-state index in [0.717, 1.165) is 18.2 Å². The fourth-order valence-electron chi connectivity index (χ4n) is 1.34. The molecule has 0 bridgehead atoms. The van der Waals surface area contributed by atoms with Gasteiger partial charge in [0, 0.05) is 26.3 Å². The number of imidazole rings is 1. The minimum absolute atomic E-state index is 0.628. The molecule has 0 aliphatic heterocycles. The fourth-order valence-corrected chi connectivity index (χ4v) is 1.34. The van der Waals surface area contributed by atoms with E-state index < -0.39 is 0 Å². The second-order valence-corrected chi connectivity index (χ2v) is 3.84. The van der Waals surface area contributed by atoms with Gasteiger partial charge in [0.25, 0.3) is 0 Å². The summed E-state index contributed by atoms with van der Waals surface area (Å²) in [6.07, 6.45) is 6.17. The first kappa shape index (κ1) is 10.0. The second kappa shape index (κ2) is 4.33. The van der Waals surface area contributed by atoms with Crippen molar-refractivity contribution in [3.05, 3.63) is 18.2 Å². The first-order valence-electron chi connectivity index (χ1n) is 5.22. The van der Waals surface area contributed by atoms with E-state index in [9.17, 15) is 0 Å². The summed E-state index contributed by atoms with van der Waals surface area (Å²) in [4.78, 5) is 8.22. The topological polar surface area (TPSA) is 54.2 Å². The zero-order valence-electron chi connectivity index (χ0n) is 9.20. The molecule has 1 fully saturated rings. The maximum Gasteiger partial charge on any atom is 0.191 e. The second-order valence-electron chi connectivity index (χ2n) is 3.84. The highest BCUT2D eigenvalue weighted by Crippen LogP contribution is 2.18. The van der Waals surface area contributed by atoms with Crippen molar-refractivity contribution in [2.24, 2.45) is 12.0 Å². The molecule has 1 aromatic rings. The van der Waals surface area contributed by atoms with Gasteiger partial charge in [-0.1, -0.05) is 0 Å². The Labute approximate surface area is 89.6 Å². The molecule has 1 saturated carbocycles. The summed E-state index contributed by atoms with van der Waals surface area (Å²) in [5.74, 6) is 0.874. The summed E-state index contributed by atoms with van der Waals surface area (Å²) in [6, 6.07) is 0.628. The molecule has 1 heterocycles. The molecule has 2 rings (SSSR count). The van der Waals surface area contributed by atoms with Gasteiger partial charge in [-0.15, -0.1) is 0 Å². The van der Waals surface area contributed by atoms with Crippen molar-refractivity contribution in [2.45, 2.75) is 25.4 Å². The van der Waals surface area contributed by atoms with Crippen LogP contribution in [0.4, 0.5) is 0 Å². The van der Waals surface area contributed by atoms with Gasteiger partial charge in [-0.3, -0.25) is 4.99 Å². The molecule has 0 saturated heterocycles. The maximum atomic E-state index is 4.16. The molecular formula is C10H17N5. The van der Waals surface area contributed by atoms with Crippen LogP contribution in [0.25, 0.3) is 0 Å². The van der Waals surface area contributed by atoms with Gasteiger partial charge >= 0.3 is 0 Å². The van der Waals surface area contributed by atoms with Gasteiger partial charge in [0.2, 0.25) is 0 Å². The van der Waals surface area contributed by atoms with Crippen LogP contribution in [0.15, 0.2) is 17.5 Å². The third-order valence-electron chi connectivity index (χ3n) is 2.50. The molecule has 0 radical (unpaired) electrons. The molecule has 5 nitrogen and oxygen atoms in total. The van der Waals surface area contributed by atoms with Gasteiger partial charge < -0.3 is 15.2 Å². The lowest BCUT2D eigenvalue weighted by Crippen LogP contribution is -2.38. The highest BCUT2D eigenvalue weighted by Gasteiger charge is 2.21. The average Bonchev–Trinajstić information content (AvgIpc) is 2.96. The van der Waals surface area contributed by atoms with E-state index in [1.165, 1.54) is 12.8 Å². The van der Waals surface area contributed by atoms with Crippen LogP contribution in [0.1, 0.15) is 18.5 Å². The van der Waals surface area contributed by atoms with Crippen LogP contribution < -0.4 is 10.6 Å². The van der Waals surface area contributed by atoms with Crippen molar-refractivity contribution < 1.29 is 0 Å². The zero-order valence-corrected chi connectivity index (χ0v) is 9.20. The first-order chi connectivity index (χ1) is 7.29. The Balaban J connectivity index is 1.83. The van der Waals surface area contributed by atoms with Crippen LogP contribution in [0, 0.1) is 0 Å². The minimum Gasteiger partial charge on any atom is -0.354 e. The van der Waals surface area contributed by atoms with Crippen molar-refractivity contribution in [3.63, 3.8) is 0 Å². The molecule has 2 N–H and O–H groups in total. The highest BCUT2D eigenvalue weighted by molar-refractivity contribution is 5.80. The highest BCUT2D eigenvalue weighted by atomic mass is 15.2. The normalized spacial score (nSPS) is 16.5. The molecule has 0 spiro atoms. The lowest BCUT2D eigenvalue weighted by molar-refractivity contribution is 0.748. The molecule has 1 aliphatic rings. The van der Waals surface area contributed by atoms with Crippen LogP contribution in [0.3, 0.4) is 0 Å². The summed E-state index contributed by atoms with van der Waals surface area (Å²) in [7, 11) is 3.78. The van der Waals surface area contributed by atoms with E-state index in [4.69, 9.17) is 0 Å². The van der Waals surface area contributed by atoms with E-state index >= 15 is 0 Å². The number of hydrogen-bond donors (Lipinski definition) is 2. The van der Waals surface area contributed by atoms with E-state index in [1.54, 1.807) is 13.4 Å². The summed E-state index contributed by atoms with van der Waals surface area (Å²) in [5.41, 5.74) is 1.15. The van der Waals surface area contributed by atoms with Gasteiger partial charge in [-0.2, -0.15) is 0 Å². The van der Waals surface area contributed by atoms with Crippen LogP contribution in [0.2, 0.25) is 0 Å². The number of nitrogens with zero attached hydrogens (tertiary/aromatic N) is 3. The number of hydrogen-bond acceptors (Lipinski definition) is 2. The van der Waals surface area contributed by atoms with Crippen molar-refractivity contribution in [2.75, 3.05) is 7.05 Å². The summed E-state index contributed by atoms with van der Waals surface area (Å²) >= 11 is 0. The van der Waals surface area contributed by atoms with E-state index in [1.807, 2.05) is 17.8 Å². The summed E-state index contributed by atoms with van der Waals surface area (Å²) < 4.78 is 2.00. The largest absolute Gasteiger partial charge is 0.354 e. The minimum atomic E-state index is 0.628. The Morgan fingerprint density at radius 2 is 2.47 bits per heavy atom. The molecule has 0 amide bonds. The van der Waals surface area contributed by atoms with E-state index in [0.29, 0.717) is 6.04 Å². The molecule has 0 atom stereocenters. The number of rotatable bonds is 3. The Morgan fingerprint density at radius 3 is 3.00 bits per heavy atom. The van der Waals surface area contributed by atoms with Crippen LogP contribution in [-0.4, -0.2) is 28.6 Å². The standard InChI is InChI=1S/C10H17N5/c1-11-10(14-8-3-4-8)13-6-9-5-12-7-15(9)2/h5,7-8H,3-4,6H2,1-2H3,(H2,11,13,14). The van der Waals surface area contributed by atoms with E-state index in [2.05, 4.69) is 20.6 Å².